The predicted molar refractivity (Wildman–Crippen MR) is 120 cm³/mol. The van der Waals surface area contributed by atoms with Gasteiger partial charge in [0, 0.05) is 41.0 Å². The number of benzene rings is 1. The molecule has 1 amide bonds. The average molecular weight is 457 g/mol. The molecule has 0 aliphatic rings. The molecule has 0 unspecified atom stereocenters. The van der Waals surface area contributed by atoms with E-state index in [1.165, 1.54) is 30.0 Å². The summed E-state index contributed by atoms with van der Waals surface area (Å²) >= 11 is 9.30. The van der Waals surface area contributed by atoms with E-state index in [0.717, 1.165) is 27.7 Å². The number of halogens is 1. The largest absolute Gasteiger partial charge is 0.302 e. The summed E-state index contributed by atoms with van der Waals surface area (Å²) in [6.45, 7) is 3.44. The van der Waals surface area contributed by atoms with Crippen molar-refractivity contribution >= 4 is 45.7 Å². The first-order valence-corrected chi connectivity index (χ1v) is 11.2. The summed E-state index contributed by atoms with van der Waals surface area (Å²) < 4.78 is 2.00. The lowest BCUT2D eigenvalue weighted by molar-refractivity contribution is -0.114. The molecular formula is C20H17ClN6OS2. The average Bonchev–Trinajstić information content (AvgIpc) is 3.35. The van der Waals surface area contributed by atoms with E-state index in [4.69, 9.17) is 11.6 Å². The number of hydrogen-bond acceptors (Lipinski definition) is 7. The number of pyridine rings is 1. The molecule has 0 spiro atoms. The molecule has 10 heteroatoms. The number of thiazole rings is 1. The third-order valence-electron chi connectivity index (χ3n) is 4.24. The van der Waals surface area contributed by atoms with E-state index in [2.05, 4.69) is 25.5 Å². The number of hydrogen-bond donors (Lipinski definition) is 1. The summed E-state index contributed by atoms with van der Waals surface area (Å²) in [5.41, 5.74) is 3.62. The maximum atomic E-state index is 11.2. The van der Waals surface area contributed by atoms with Crippen LogP contribution in [-0.2, 0) is 10.5 Å². The van der Waals surface area contributed by atoms with Gasteiger partial charge in [0.25, 0.3) is 0 Å². The minimum absolute atomic E-state index is 0.137. The lowest BCUT2D eigenvalue weighted by Gasteiger charge is -2.13. The van der Waals surface area contributed by atoms with Gasteiger partial charge in [-0.1, -0.05) is 29.4 Å². The van der Waals surface area contributed by atoms with Gasteiger partial charge in [0.2, 0.25) is 5.91 Å². The van der Waals surface area contributed by atoms with Gasteiger partial charge in [-0.25, -0.2) is 4.98 Å². The van der Waals surface area contributed by atoms with Crippen molar-refractivity contribution in [3.63, 3.8) is 0 Å². The molecule has 30 heavy (non-hydrogen) atoms. The zero-order chi connectivity index (χ0) is 21.1. The number of carbonyl (C=O) groups excluding carboxylic acids is 1. The van der Waals surface area contributed by atoms with Crippen LogP contribution in [0.1, 0.15) is 18.2 Å². The highest BCUT2D eigenvalue weighted by molar-refractivity contribution is 7.98. The van der Waals surface area contributed by atoms with Crippen molar-refractivity contribution in [2.75, 3.05) is 5.32 Å². The van der Waals surface area contributed by atoms with Gasteiger partial charge >= 0.3 is 0 Å². The summed E-state index contributed by atoms with van der Waals surface area (Å²) in [7, 11) is 0. The van der Waals surface area contributed by atoms with Crippen LogP contribution in [0.25, 0.3) is 17.1 Å². The second kappa shape index (κ2) is 8.95. The molecule has 0 aliphatic heterocycles. The molecule has 4 aromatic rings. The molecule has 4 rings (SSSR count). The highest BCUT2D eigenvalue weighted by Gasteiger charge is 2.19. The molecule has 1 aromatic carbocycles. The molecular weight excluding hydrogens is 440 g/mol. The van der Waals surface area contributed by atoms with Crippen molar-refractivity contribution in [2.24, 2.45) is 0 Å². The SMILES string of the molecule is CC(=O)Nc1nc(CSc2nnc(-c3ccncc3)n2-c2cccc(Cl)c2C)cs1. The van der Waals surface area contributed by atoms with E-state index in [9.17, 15) is 4.79 Å². The Bertz CT molecular complexity index is 1190. The fourth-order valence-electron chi connectivity index (χ4n) is 2.83. The highest BCUT2D eigenvalue weighted by atomic mass is 35.5. The Kier molecular flexibility index (Phi) is 6.12. The first-order valence-electron chi connectivity index (χ1n) is 8.99. The predicted octanol–water partition coefficient (Wildman–Crippen LogP) is 5.00. The topological polar surface area (TPSA) is 85.6 Å². The van der Waals surface area contributed by atoms with Crippen molar-refractivity contribution in [1.29, 1.82) is 0 Å². The van der Waals surface area contributed by atoms with Gasteiger partial charge in [0.15, 0.2) is 16.1 Å². The normalized spacial score (nSPS) is 10.9. The van der Waals surface area contributed by atoms with E-state index in [1.54, 1.807) is 12.4 Å². The van der Waals surface area contributed by atoms with Gasteiger partial charge < -0.3 is 5.32 Å². The maximum absolute atomic E-state index is 11.2. The molecule has 0 radical (unpaired) electrons. The van der Waals surface area contributed by atoms with Gasteiger partial charge in [-0.15, -0.1) is 21.5 Å². The van der Waals surface area contributed by atoms with Gasteiger partial charge in [0.1, 0.15) is 0 Å². The Hall–Kier alpha value is -2.75. The fraction of sp³-hybridized carbons (Fsp3) is 0.150. The third kappa shape index (κ3) is 4.38. The van der Waals surface area contributed by atoms with E-state index < -0.39 is 0 Å². The Labute approximate surface area is 186 Å². The number of carbonyl (C=O) groups is 1. The van der Waals surface area contributed by atoms with Crippen LogP contribution in [0.5, 0.6) is 0 Å². The van der Waals surface area contributed by atoms with Crippen LogP contribution >= 0.6 is 34.7 Å². The summed E-state index contributed by atoms with van der Waals surface area (Å²) in [6.07, 6.45) is 3.45. The molecule has 0 saturated heterocycles. The van der Waals surface area contributed by atoms with E-state index in [0.29, 0.717) is 21.7 Å². The molecule has 1 N–H and O–H groups in total. The van der Waals surface area contributed by atoms with Crippen molar-refractivity contribution in [3.8, 4) is 17.1 Å². The summed E-state index contributed by atoms with van der Waals surface area (Å²) in [4.78, 5) is 19.7. The minimum Gasteiger partial charge on any atom is -0.302 e. The van der Waals surface area contributed by atoms with Crippen LogP contribution in [0.3, 0.4) is 0 Å². The number of nitrogens with zero attached hydrogens (tertiary/aromatic N) is 5. The Morgan fingerprint density at radius 2 is 2.03 bits per heavy atom. The van der Waals surface area contributed by atoms with Crippen LogP contribution in [-0.4, -0.2) is 30.6 Å². The van der Waals surface area contributed by atoms with Crippen molar-refractivity contribution in [1.82, 2.24) is 24.7 Å². The van der Waals surface area contributed by atoms with Crippen LogP contribution in [0.15, 0.2) is 53.3 Å². The minimum atomic E-state index is -0.137. The number of aromatic nitrogens is 5. The Balaban J connectivity index is 1.70. The van der Waals surface area contributed by atoms with Crippen LogP contribution in [0.4, 0.5) is 5.13 Å². The zero-order valence-corrected chi connectivity index (χ0v) is 18.6. The standard InChI is InChI=1S/C20H17ClN6OS2/c1-12-16(21)4-3-5-17(12)27-18(14-6-8-22-9-7-14)25-26-20(27)30-11-15-10-29-19(24-15)23-13(2)28/h3-10H,11H2,1-2H3,(H,23,24,28). The number of anilines is 1. The summed E-state index contributed by atoms with van der Waals surface area (Å²) in [5, 5.41) is 15.5. The molecule has 0 bridgehead atoms. The second-order valence-electron chi connectivity index (χ2n) is 6.38. The smallest absolute Gasteiger partial charge is 0.223 e. The molecule has 3 aromatic heterocycles. The Morgan fingerprint density at radius 3 is 2.80 bits per heavy atom. The molecule has 152 valence electrons. The van der Waals surface area contributed by atoms with E-state index in [-0.39, 0.29) is 5.91 Å². The van der Waals surface area contributed by atoms with Crippen LogP contribution in [0.2, 0.25) is 5.02 Å². The van der Waals surface area contributed by atoms with Crippen LogP contribution in [0, 0.1) is 6.92 Å². The highest BCUT2D eigenvalue weighted by Crippen LogP contribution is 2.33. The van der Waals surface area contributed by atoms with Gasteiger partial charge in [-0.05, 0) is 36.8 Å². The van der Waals surface area contributed by atoms with Crippen molar-refractivity contribution < 1.29 is 4.79 Å². The monoisotopic (exact) mass is 456 g/mol. The number of rotatable bonds is 6. The van der Waals surface area contributed by atoms with Crippen LogP contribution < -0.4 is 5.32 Å². The van der Waals surface area contributed by atoms with Crippen molar-refractivity contribution in [3.05, 3.63) is 64.4 Å². The molecule has 3 heterocycles. The third-order valence-corrected chi connectivity index (χ3v) is 6.41. The maximum Gasteiger partial charge on any atom is 0.223 e. The molecule has 0 fully saturated rings. The summed E-state index contributed by atoms with van der Waals surface area (Å²) in [5.74, 6) is 1.16. The van der Waals surface area contributed by atoms with Gasteiger partial charge in [0.05, 0.1) is 11.4 Å². The van der Waals surface area contributed by atoms with E-state index in [1.807, 2.05) is 47.2 Å². The number of thioether (sulfide) groups is 1. The Morgan fingerprint density at radius 1 is 1.23 bits per heavy atom. The van der Waals surface area contributed by atoms with Gasteiger partial charge in [-0.2, -0.15) is 0 Å². The fourth-order valence-corrected chi connectivity index (χ4v) is 4.70. The first-order chi connectivity index (χ1) is 14.5. The zero-order valence-electron chi connectivity index (χ0n) is 16.2. The molecule has 0 aliphatic carbocycles. The lowest BCUT2D eigenvalue weighted by atomic mass is 10.2. The quantitative estimate of drug-likeness (QED) is 0.411. The number of amides is 1. The first kappa shape index (κ1) is 20.5. The number of nitrogens with one attached hydrogen (secondary N) is 1. The lowest BCUT2D eigenvalue weighted by Crippen LogP contribution is -2.05. The van der Waals surface area contributed by atoms with Crippen molar-refractivity contribution in [2.45, 2.75) is 24.8 Å². The van der Waals surface area contributed by atoms with E-state index >= 15 is 0 Å². The molecule has 0 atom stereocenters. The summed E-state index contributed by atoms with van der Waals surface area (Å²) in [6, 6.07) is 9.57. The molecule has 0 saturated carbocycles. The second-order valence-corrected chi connectivity index (χ2v) is 8.58. The van der Waals surface area contributed by atoms with Gasteiger partial charge in [-0.3, -0.25) is 14.3 Å². The molecule has 7 nitrogen and oxygen atoms in total.